The van der Waals surface area contributed by atoms with E-state index >= 15 is 0 Å². The van der Waals surface area contributed by atoms with Gasteiger partial charge in [0.05, 0.1) is 0 Å². The first-order chi connectivity index (χ1) is 13.1. The zero-order valence-corrected chi connectivity index (χ0v) is 14.1. The summed E-state index contributed by atoms with van der Waals surface area (Å²) in [6, 6.07) is 6.12. The maximum atomic E-state index is 13.7. The lowest BCUT2D eigenvalue weighted by molar-refractivity contribution is 0.0798. The maximum absolute atomic E-state index is 13.7. The summed E-state index contributed by atoms with van der Waals surface area (Å²) in [7, 11) is 0. The van der Waals surface area contributed by atoms with Crippen LogP contribution in [0.3, 0.4) is 0 Å². The van der Waals surface area contributed by atoms with Crippen molar-refractivity contribution in [3.63, 3.8) is 0 Å². The van der Waals surface area contributed by atoms with Crippen LogP contribution in [-0.4, -0.2) is 33.0 Å². The van der Waals surface area contributed by atoms with Gasteiger partial charge in [-0.1, -0.05) is 6.07 Å². The second-order valence-corrected chi connectivity index (χ2v) is 6.25. The van der Waals surface area contributed by atoms with Crippen molar-refractivity contribution in [1.29, 1.82) is 0 Å². The summed E-state index contributed by atoms with van der Waals surface area (Å²) in [5, 5.41) is 0. The van der Waals surface area contributed by atoms with E-state index in [1.165, 1.54) is 12.1 Å². The first-order valence-electron chi connectivity index (χ1n) is 8.41. The molecule has 1 saturated carbocycles. The van der Waals surface area contributed by atoms with E-state index in [-0.39, 0.29) is 17.6 Å². The van der Waals surface area contributed by atoms with E-state index in [4.69, 9.17) is 4.74 Å². The van der Waals surface area contributed by atoms with Gasteiger partial charge in [0.1, 0.15) is 6.61 Å². The highest BCUT2D eigenvalue weighted by molar-refractivity contribution is 5.44. The third-order valence-corrected chi connectivity index (χ3v) is 4.40. The molecule has 4 rings (SSSR count). The molecule has 0 saturated heterocycles. The summed E-state index contributed by atoms with van der Waals surface area (Å²) < 4.78 is 43.2. The van der Waals surface area contributed by atoms with Crippen LogP contribution in [0.5, 0.6) is 5.75 Å². The predicted molar refractivity (Wildman–Crippen MR) is 91.1 cm³/mol. The van der Waals surface area contributed by atoms with E-state index in [1.54, 1.807) is 36.9 Å². The van der Waals surface area contributed by atoms with Crippen LogP contribution in [0.4, 0.5) is 13.2 Å². The number of ether oxygens (including phenoxy) is 1. The molecule has 0 bridgehead atoms. The predicted octanol–water partition coefficient (Wildman–Crippen LogP) is 3.99. The van der Waals surface area contributed by atoms with Crippen molar-refractivity contribution in [1.82, 2.24) is 19.9 Å². The summed E-state index contributed by atoms with van der Waals surface area (Å²) in [6.45, 7) is -0.828. The van der Waals surface area contributed by atoms with Gasteiger partial charge in [-0.2, -0.15) is 0 Å². The molecule has 2 unspecified atom stereocenters. The van der Waals surface area contributed by atoms with Gasteiger partial charge < -0.3 is 4.74 Å². The molecule has 5 nitrogen and oxygen atoms in total. The molecule has 8 heteroatoms. The maximum Gasteiger partial charge on any atom is 0.272 e. The molecule has 1 aromatic carbocycles. The van der Waals surface area contributed by atoms with Crippen molar-refractivity contribution in [2.24, 2.45) is 0 Å². The van der Waals surface area contributed by atoms with E-state index in [0.717, 1.165) is 17.5 Å². The molecular formula is C19H15F3N4O. The van der Waals surface area contributed by atoms with Gasteiger partial charge >= 0.3 is 0 Å². The average Bonchev–Trinajstić information content (AvgIpc) is 3.49. The molecule has 2 aromatic heterocycles. The molecule has 0 radical (unpaired) electrons. The molecule has 0 N–H and O–H groups in total. The SMILES string of the molecule is Fc1ccc(C2CC2c2cnc(-c3ncccn3)nc2)cc1OCC(F)F. The molecule has 0 spiro atoms. The van der Waals surface area contributed by atoms with E-state index in [9.17, 15) is 13.2 Å². The van der Waals surface area contributed by atoms with E-state index < -0.39 is 18.8 Å². The van der Waals surface area contributed by atoms with E-state index in [2.05, 4.69) is 19.9 Å². The van der Waals surface area contributed by atoms with Gasteiger partial charge in [-0.15, -0.1) is 0 Å². The standard InChI is InChI=1S/C19H15F3N4O/c20-15-3-2-11(6-16(15)27-10-17(21)22)13-7-14(13)12-8-25-19(26-9-12)18-23-4-1-5-24-18/h1-6,8-9,13-14,17H,7,10H2. The molecule has 1 aliphatic rings. The zero-order valence-electron chi connectivity index (χ0n) is 14.1. The van der Waals surface area contributed by atoms with Crippen LogP contribution in [0.25, 0.3) is 11.6 Å². The van der Waals surface area contributed by atoms with Crippen LogP contribution in [0.15, 0.2) is 49.1 Å². The Kier molecular flexibility index (Phi) is 4.70. The molecule has 0 aliphatic heterocycles. The summed E-state index contributed by atoms with van der Waals surface area (Å²) in [5.74, 6) is 0.460. The quantitative estimate of drug-likeness (QED) is 0.655. The van der Waals surface area contributed by atoms with Gasteiger partial charge in [0.25, 0.3) is 6.43 Å². The van der Waals surface area contributed by atoms with Gasteiger partial charge in [-0.25, -0.2) is 33.1 Å². The van der Waals surface area contributed by atoms with Crippen molar-refractivity contribution in [2.45, 2.75) is 24.7 Å². The summed E-state index contributed by atoms with van der Waals surface area (Å²) in [5.41, 5.74) is 1.81. The largest absolute Gasteiger partial charge is 0.485 e. The van der Waals surface area contributed by atoms with Crippen molar-refractivity contribution in [3.8, 4) is 17.4 Å². The Hall–Kier alpha value is -3.03. The van der Waals surface area contributed by atoms with Gasteiger partial charge in [-0.3, -0.25) is 0 Å². The first-order valence-corrected chi connectivity index (χ1v) is 8.41. The summed E-state index contributed by atoms with van der Waals surface area (Å²) >= 11 is 0. The lowest BCUT2D eigenvalue weighted by Gasteiger charge is -2.09. The Morgan fingerprint density at radius 2 is 1.63 bits per heavy atom. The average molecular weight is 372 g/mol. The molecule has 1 fully saturated rings. The fourth-order valence-electron chi connectivity index (χ4n) is 3.01. The number of aromatic nitrogens is 4. The van der Waals surface area contributed by atoms with Crippen molar-refractivity contribution in [3.05, 3.63) is 66.0 Å². The number of benzene rings is 1. The third kappa shape index (κ3) is 3.89. The van der Waals surface area contributed by atoms with Crippen LogP contribution >= 0.6 is 0 Å². The van der Waals surface area contributed by atoms with E-state index in [1.807, 2.05) is 0 Å². The fourth-order valence-corrected chi connectivity index (χ4v) is 3.01. The minimum absolute atomic E-state index is 0.147. The minimum Gasteiger partial charge on any atom is -0.485 e. The van der Waals surface area contributed by atoms with Crippen LogP contribution in [-0.2, 0) is 0 Å². The van der Waals surface area contributed by atoms with Crippen molar-refractivity contribution >= 4 is 0 Å². The molecule has 27 heavy (non-hydrogen) atoms. The Morgan fingerprint density at radius 3 is 2.33 bits per heavy atom. The zero-order chi connectivity index (χ0) is 18.8. The Morgan fingerprint density at radius 1 is 0.963 bits per heavy atom. The molecule has 0 amide bonds. The van der Waals surface area contributed by atoms with Crippen LogP contribution < -0.4 is 4.74 Å². The van der Waals surface area contributed by atoms with Crippen LogP contribution in [0.1, 0.15) is 29.4 Å². The molecule has 2 atom stereocenters. The fraction of sp³-hybridized carbons (Fsp3) is 0.263. The number of hydrogen-bond acceptors (Lipinski definition) is 5. The third-order valence-electron chi connectivity index (χ3n) is 4.40. The van der Waals surface area contributed by atoms with E-state index in [0.29, 0.717) is 11.6 Å². The Balaban J connectivity index is 1.47. The highest BCUT2D eigenvalue weighted by atomic mass is 19.3. The molecule has 1 aliphatic carbocycles. The molecule has 138 valence electrons. The van der Waals surface area contributed by atoms with Gasteiger partial charge in [-0.05, 0) is 47.6 Å². The highest BCUT2D eigenvalue weighted by Crippen LogP contribution is 2.54. The normalized spacial score (nSPS) is 18.5. The van der Waals surface area contributed by atoms with Gasteiger partial charge in [0.15, 0.2) is 23.2 Å². The summed E-state index contributed by atoms with van der Waals surface area (Å²) in [4.78, 5) is 16.9. The number of halogens is 3. The van der Waals surface area contributed by atoms with Gasteiger partial charge in [0.2, 0.25) is 0 Å². The first kappa shape index (κ1) is 17.4. The minimum atomic E-state index is -2.65. The number of hydrogen-bond donors (Lipinski definition) is 0. The highest BCUT2D eigenvalue weighted by Gasteiger charge is 2.40. The molecular weight excluding hydrogens is 357 g/mol. The topological polar surface area (TPSA) is 60.8 Å². The Bertz CT molecular complexity index is 922. The number of alkyl halides is 2. The number of rotatable bonds is 6. The monoisotopic (exact) mass is 372 g/mol. The molecule has 2 heterocycles. The number of nitrogens with zero attached hydrogens (tertiary/aromatic N) is 4. The lowest BCUT2D eigenvalue weighted by Crippen LogP contribution is -2.08. The second kappa shape index (κ2) is 7.30. The van der Waals surface area contributed by atoms with Gasteiger partial charge in [0, 0.05) is 24.8 Å². The van der Waals surface area contributed by atoms with Crippen LogP contribution in [0.2, 0.25) is 0 Å². The summed E-state index contributed by atoms with van der Waals surface area (Å²) in [6.07, 6.45) is 4.93. The van der Waals surface area contributed by atoms with Crippen molar-refractivity contribution < 1.29 is 17.9 Å². The molecule has 3 aromatic rings. The van der Waals surface area contributed by atoms with Crippen LogP contribution in [0, 0.1) is 5.82 Å². The smallest absolute Gasteiger partial charge is 0.272 e. The van der Waals surface area contributed by atoms with Crippen molar-refractivity contribution in [2.75, 3.05) is 6.61 Å². The second-order valence-electron chi connectivity index (χ2n) is 6.25. The Labute approximate surface area is 153 Å². The lowest BCUT2D eigenvalue weighted by atomic mass is 10.1.